The Balaban J connectivity index is 1.64. The van der Waals surface area contributed by atoms with Gasteiger partial charge in [0.25, 0.3) is 0 Å². The number of amides is 1. The highest BCUT2D eigenvalue weighted by Gasteiger charge is 2.26. The molecule has 2 aromatic carbocycles. The Bertz CT molecular complexity index is 753. The van der Waals surface area contributed by atoms with E-state index in [0.29, 0.717) is 23.6 Å². The van der Waals surface area contributed by atoms with Crippen LogP contribution in [0.1, 0.15) is 11.1 Å². The van der Waals surface area contributed by atoms with Crippen LogP contribution in [0.25, 0.3) is 0 Å². The number of rotatable bonds is 3. The fourth-order valence-corrected chi connectivity index (χ4v) is 3.14. The van der Waals surface area contributed by atoms with E-state index >= 15 is 0 Å². The van der Waals surface area contributed by atoms with Gasteiger partial charge in [0.05, 0.1) is 5.92 Å². The predicted octanol–water partition coefficient (Wildman–Crippen LogP) is 4.11. The molecule has 0 saturated carbocycles. The first-order valence-electron chi connectivity index (χ1n) is 7.16. The molecule has 0 bridgehead atoms. The van der Waals surface area contributed by atoms with Crippen molar-refractivity contribution in [1.82, 2.24) is 5.32 Å². The van der Waals surface area contributed by atoms with E-state index in [2.05, 4.69) is 21.2 Å². The van der Waals surface area contributed by atoms with Gasteiger partial charge in [-0.05, 0) is 48.4 Å². The van der Waals surface area contributed by atoms with Gasteiger partial charge >= 0.3 is 0 Å². The molecule has 6 heteroatoms. The fourth-order valence-electron chi connectivity index (χ4n) is 2.54. The molecule has 0 saturated heterocycles. The van der Waals surface area contributed by atoms with Gasteiger partial charge in [0.1, 0.15) is 18.2 Å². The summed E-state index contributed by atoms with van der Waals surface area (Å²) in [4.78, 5) is 12.3. The van der Waals surface area contributed by atoms with Crippen molar-refractivity contribution in [3.05, 3.63) is 62.8 Å². The summed E-state index contributed by atoms with van der Waals surface area (Å²) >= 11 is 9.27. The van der Waals surface area contributed by atoms with Gasteiger partial charge in [0.2, 0.25) is 5.91 Å². The van der Waals surface area contributed by atoms with Crippen LogP contribution in [0.4, 0.5) is 4.39 Å². The molecule has 0 spiro atoms. The quantitative estimate of drug-likeness (QED) is 0.845. The molecule has 0 aliphatic carbocycles. The lowest BCUT2D eigenvalue weighted by Gasteiger charge is -2.24. The summed E-state index contributed by atoms with van der Waals surface area (Å²) in [6, 6.07) is 10.0. The summed E-state index contributed by atoms with van der Waals surface area (Å²) in [6.07, 6.45) is 0.558. The van der Waals surface area contributed by atoms with E-state index in [1.807, 2.05) is 12.1 Å². The maximum atomic E-state index is 13.7. The first kappa shape index (κ1) is 16.3. The minimum atomic E-state index is -0.342. The second-order valence-electron chi connectivity index (χ2n) is 5.42. The molecule has 120 valence electrons. The van der Waals surface area contributed by atoms with E-state index in [0.717, 1.165) is 15.8 Å². The fraction of sp³-hybridized carbons (Fsp3) is 0.235. The van der Waals surface area contributed by atoms with Gasteiger partial charge in [-0.15, -0.1) is 0 Å². The molecule has 0 radical (unpaired) electrons. The van der Waals surface area contributed by atoms with E-state index in [4.69, 9.17) is 16.3 Å². The molecule has 1 unspecified atom stereocenters. The normalized spacial score (nSPS) is 16.4. The van der Waals surface area contributed by atoms with Gasteiger partial charge in [-0.1, -0.05) is 27.5 Å². The van der Waals surface area contributed by atoms with Crippen molar-refractivity contribution < 1.29 is 13.9 Å². The second kappa shape index (κ2) is 6.89. The number of hydrogen-bond donors (Lipinski definition) is 1. The largest absolute Gasteiger partial charge is 0.492 e. The van der Waals surface area contributed by atoms with Crippen molar-refractivity contribution in [2.24, 2.45) is 5.92 Å². The molecule has 0 fully saturated rings. The molecule has 1 heterocycles. The SMILES string of the molecule is O=C(NCc1cc(Br)ccc1F)C1COc2ccc(Cl)cc2C1. The van der Waals surface area contributed by atoms with E-state index < -0.39 is 0 Å². The van der Waals surface area contributed by atoms with Crippen LogP contribution >= 0.6 is 27.5 Å². The molecular weight excluding hydrogens is 385 g/mol. The Morgan fingerprint density at radius 2 is 2.17 bits per heavy atom. The third-order valence-corrected chi connectivity index (χ3v) is 4.49. The molecule has 2 aromatic rings. The smallest absolute Gasteiger partial charge is 0.227 e. The van der Waals surface area contributed by atoms with Crippen molar-refractivity contribution >= 4 is 33.4 Å². The third kappa shape index (κ3) is 3.85. The number of carbonyl (C=O) groups excluding carboxylic acids is 1. The Hall–Kier alpha value is -1.59. The van der Waals surface area contributed by atoms with Crippen LogP contribution in [-0.4, -0.2) is 12.5 Å². The average molecular weight is 399 g/mol. The molecule has 23 heavy (non-hydrogen) atoms. The molecule has 1 aliphatic rings. The minimum absolute atomic E-state index is 0.142. The lowest BCUT2D eigenvalue weighted by Crippen LogP contribution is -2.37. The van der Waals surface area contributed by atoms with E-state index in [9.17, 15) is 9.18 Å². The predicted molar refractivity (Wildman–Crippen MR) is 90.1 cm³/mol. The highest BCUT2D eigenvalue weighted by atomic mass is 79.9. The van der Waals surface area contributed by atoms with Crippen LogP contribution in [0.3, 0.4) is 0 Å². The molecule has 1 aliphatic heterocycles. The molecule has 1 atom stereocenters. The van der Waals surface area contributed by atoms with Gasteiger partial charge in [0, 0.05) is 21.6 Å². The van der Waals surface area contributed by atoms with Crippen molar-refractivity contribution in [3.63, 3.8) is 0 Å². The Morgan fingerprint density at radius 3 is 3.00 bits per heavy atom. The number of fused-ring (bicyclic) bond motifs is 1. The van der Waals surface area contributed by atoms with Crippen LogP contribution < -0.4 is 10.1 Å². The van der Waals surface area contributed by atoms with E-state index in [-0.39, 0.29) is 24.2 Å². The summed E-state index contributed by atoms with van der Waals surface area (Å²) < 4.78 is 20.1. The zero-order chi connectivity index (χ0) is 16.4. The van der Waals surface area contributed by atoms with Crippen molar-refractivity contribution in [1.29, 1.82) is 0 Å². The number of nitrogens with one attached hydrogen (secondary N) is 1. The van der Waals surface area contributed by atoms with E-state index in [1.165, 1.54) is 6.07 Å². The lowest BCUT2D eigenvalue weighted by molar-refractivity contribution is -0.126. The topological polar surface area (TPSA) is 38.3 Å². The maximum absolute atomic E-state index is 13.7. The zero-order valence-corrected chi connectivity index (χ0v) is 14.5. The third-order valence-electron chi connectivity index (χ3n) is 3.76. The first-order valence-corrected chi connectivity index (χ1v) is 8.33. The van der Waals surface area contributed by atoms with Gasteiger partial charge < -0.3 is 10.1 Å². The molecular formula is C17H14BrClFNO2. The summed E-state index contributed by atoms with van der Waals surface area (Å²) in [6.45, 7) is 0.449. The van der Waals surface area contributed by atoms with Crippen molar-refractivity contribution in [2.45, 2.75) is 13.0 Å². The van der Waals surface area contributed by atoms with Crippen LogP contribution in [0, 0.1) is 11.7 Å². The molecule has 1 amide bonds. The summed E-state index contributed by atoms with van der Waals surface area (Å²) in [7, 11) is 0. The van der Waals surface area contributed by atoms with E-state index in [1.54, 1.807) is 18.2 Å². The number of halogens is 3. The van der Waals surface area contributed by atoms with Crippen LogP contribution in [-0.2, 0) is 17.8 Å². The summed E-state index contributed by atoms with van der Waals surface area (Å²) in [5, 5.41) is 3.38. The zero-order valence-electron chi connectivity index (χ0n) is 12.1. The van der Waals surface area contributed by atoms with Gasteiger partial charge in [-0.2, -0.15) is 0 Å². The van der Waals surface area contributed by atoms with Crippen molar-refractivity contribution in [2.75, 3.05) is 6.61 Å². The lowest BCUT2D eigenvalue weighted by atomic mass is 9.96. The van der Waals surface area contributed by atoms with Gasteiger partial charge in [-0.3, -0.25) is 4.79 Å². The standard InChI is InChI=1S/C17H14BrClFNO2/c18-13-1-3-15(20)11(6-13)8-21-17(22)12-5-10-7-14(19)2-4-16(10)23-9-12/h1-4,6-7,12H,5,8-9H2,(H,21,22). The summed E-state index contributed by atoms with van der Waals surface area (Å²) in [5.41, 5.74) is 1.35. The van der Waals surface area contributed by atoms with Crippen LogP contribution in [0.15, 0.2) is 40.9 Å². The Labute approximate surface area is 146 Å². The Kier molecular flexibility index (Phi) is 4.87. The summed E-state index contributed by atoms with van der Waals surface area (Å²) in [5.74, 6) is -0.0480. The van der Waals surface area contributed by atoms with Gasteiger partial charge in [-0.25, -0.2) is 4.39 Å². The molecule has 3 rings (SSSR count). The van der Waals surface area contributed by atoms with Gasteiger partial charge in [0.15, 0.2) is 0 Å². The molecule has 0 aromatic heterocycles. The van der Waals surface area contributed by atoms with Crippen LogP contribution in [0.5, 0.6) is 5.75 Å². The first-order chi connectivity index (χ1) is 11.0. The highest BCUT2D eigenvalue weighted by Crippen LogP contribution is 2.29. The Morgan fingerprint density at radius 1 is 1.35 bits per heavy atom. The molecule has 1 N–H and O–H groups in total. The van der Waals surface area contributed by atoms with Crippen molar-refractivity contribution in [3.8, 4) is 5.75 Å². The monoisotopic (exact) mass is 397 g/mol. The second-order valence-corrected chi connectivity index (χ2v) is 6.77. The van der Waals surface area contributed by atoms with Crippen LogP contribution in [0.2, 0.25) is 5.02 Å². The molecule has 3 nitrogen and oxygen atoms in total. The minimum Gasteiger partial charge on any atom is -0.492 e. The number of hydrogen-bond acceptors (Lipinski definition) is 2. The number of carbonyl (C=O) groups is 1. The maximum Gasteiger partial charge on any atom is 0.227 e. The highest BCUT2D eigenvalue weighted by molar-refractivity contribution is 9.10. The number of ether oxygens (including phenoxy) is 1. The number of benzene rings is 2. The average Bonchev–Trinajstić information content (AvgIpc) is 2.54.